The predicted molar refractivity (Wildman–Crippen MR) is 103 cm³/mol. The number of aryl methyl sites for hydroxylation is 3. The molecule has 0 fully saturated rings. The summed E-state index contributed by atoms with van der Waals surface area (Å²) in [5.41, 5.74) is 3.17. The maximum absolute atomic E-state index is 12.6. The lowest BCUT2D eigenvalue weighted by atomic mass is 10.1. The number of aromatic nitrogens is 1. The molecular weight excluding hydrogens is 350 g/mol. The van der Waals surface area contributed by atoms with Crippen LogP contribution < -0.4 is 4.80 Å². The summed E-state index contributed by atoms with van der Waals surface area (Å²) in [5, 5.41) is 11.2. The van der Waals surface area contributed by atoms with E-state index in [1.165, 1.54) is 40.7 Å². The van der Waals surface area contributed by atoms with Crippen molar-refractivity contribution >= 4 is 33.1 Å². The molecule has 0 aliphatic carbocycles. The number of fused-ring (bicyclic) bond motifs is 1. The first-order valence-electron chi connectivity index (χ1n) is 8.35. The van der Waals surface area contributed by atoms with Gasteiger partial charge in [0, 0.05) is 12.6 Å². The van der Waals surface area contributed by atoms with Crippen LogP contribution in [0.4, 0.5) is 5.69 Å². The van der Waals surface area contributed by atoms with Crippen molar-refractivity contribution in [1.29, 1.82) is 0 Å². The predicted octanol–water partition coefficient (Wildman–Crippen LogP) is 4.38. The standard InChI is InChI=1S/C19H19N3O3S/c1-4-9-21-16-10-12(2)13(3)11-17(16)26-19(21)20-18(23)14-7-5-6-8-15(14)22(24)25/h5-8,10-11H,4,9H2,1-3H3. The highest BCUT2D eigenvalue weighted by molar-refractivity contribution is 7.16. The Morgan fingerprint density at radius 2 is 1.92 bits per heavy atom. The van der Waals surface area contributed by atoms with E-state index in [-0.39, 0.29) is 11.3 Å². The van der Waals surface area contributed by atoms with Gasteiger partial charge in [0.25, 0.3) is 11.6 Å². The molecular formula is C19H19N3O3S. The Kier molecular flexibility index (Phi) is 4.99. The summed E-state index contributed by atoms with van der Waals surface area (Å²) in [4.78, 5) is 28.0. The third-order valence-electron chi connectivity index (χ3n) is 4.27. The van der Waals surface area contributed by atoms with E-state index in [2.05, 4.69) is 31.0 Å². The second kappa shape index (κ2) is 7.21. The summed E-state index contributed by atoms with van der Waals surface area (Å²) in [6, 6.07) is 10.1. The molecule has 3 rings (SSSR count). The van der Waals surface area contributed by atoms with Crippen molar-refractivity contribution < 1.29 is 9.72 Å². The van der Waals surface area contributed by atoms with Crippen LogP contribution in [0.3, 0.4) is 0 Å². The van der Waals surface area contributed by atoms with Crippen molar-refractivity contribution in [2.45, 2.75) is 33.7 Å². The molecule has 7 heteroatoms. The van der Waals surface area contributed by atoms with Crippen molar-refractivity contribution in [3.05, 3.63) is 68.0 Å². The van der Waals surface area contributed by atoms with Crippen molar-refractivity contribution in [2.75, 3.05) is 0 Å². The maximum atomic E-state index is 12.6. The molecule has 0 aliphatic heterocycles. The number of hydrogen-bond acceptors (Lipinski definition) is 4. The van der Waals surface area contributed by atoms with Gasteiger partial charge in [0.05, 0.1) is 15.1 Å². The molecule has 0 atom stereocenters. The number of thiazole rings is 1. The fourth-order valence-corrected chi connectivity index (χ4v) is 3.94. The van der Waals surface area contributed by atoms with Gasteiger partial charge in [-0.2, -0.15) is 4.99 Å². The van der Waals surface area contributed by atoms with Crippen LogP contribution in [0.5, 0.6) is 0 Å². The molecule has 0 saturated heterocycles. The first-order chi connectivity index (χ1) is 12.4. The summed E-state index contributed by atoms with van der Waals surface area (Å²) < 4.78 is 3.06. The third-order valence-corrected chi connectivity index (χ3v) is 5.31. The van der Waals surface area contributed by atoms with Gasteiger partial charge < -0.3 is 4.57 Å². The van der Waals surface area contributed by atoms with Crippen molar-refractivity contribution in [3.8, 4) is 0 Å². The topological polar surface area (TPSA) is 77.5 Å². The summed E-state index contributed by atoms with van der Waals surface area (Å²) in [7, 11) is 0. The molecule has 0 spiro atoms. The molecule has 1 amide bonds. The van der Waals surface area contributed by atoms with E-state index in [0.29, 0.717) is 4.80 Å². The normalized spacial score (nSPS) is 11.9. The van der Waals surface area contributed by atoms with Crippen LogP contribution in [-0.4, -0.2) is 15.4 Å². The number of para-hydroxylation sites is 1. The lowest BCUT2D eigenvalue weighted by Gasteiger charge is -2.05. The van der Waals surface area contributed by atoms with E-state index in [1.54, 1.807) is 6.07 Å². The van der Waals surface area contributed by atoms with Gasteiger partial charge in [0.2, 0.25) is 0 Å². The van der Waals surface area contributed by atoms with Crippen LogP contribution in [0, 0.1) is 24.0 Å². The van der Waals surface area contributed by atoms with Crippen molar-refractivity contribution in [3.63, 3.8) is 0 Å². The first kappa shape index (κ1) is 18.0. The Labute approximate surface area is 154 Å². The zero-order valence-electron chi connectivity index (χ0n) is 14.9. The smallest absolute Gasteiger partial charge is 0.286 e. The van der Waals surface area contributed by atoms with Gasteiger partial charge >= 0.3 is 0 Å². The van der Waals surface area contributed by atoms with Crippen LogP contribution >= 0.6 is 11.3 Å². The molecule has 134 valence electrons. The molecule has 1 aromatic heterocycles. The molecule has 0 saturated carbocycles. The Morgan fingerprint density at radius 1 is 1.23 bits per heavy atom. The highest BCUT2D eigenvalue weighted by atomic mass is 32.1. The van der Waals surface area contributed by atoms with E-state index in [9.17, 15) is 14.9 Å². The largest absolute Gasteiger partial charge is 0.316 e. The quantitative estimate of drug-likeness (QED) is 0.506. The zero-order valence-corrected chi connectivity index (χ0v) is 15.7. The fourth-order valence-electron chi connectivity index (χ4n) is 2.81. The molecule has 2 aromatic carbocycles. The Hall–Kier alpha value is -2.80. The monoisotopic (exact) mass is 369 g/mol. The van der Waals surface area contributed by atoms with Gasteiger partial charge in [-0.3, -0.25) is 14.9 Å². The van der Waals surface area contributed by atoms with Gasteiger partial charge in [-0.25, -0.2) is 0 Å². The molecule has 3 aromatic rings. The average molecular weight is 369 g/mol. The lowest BCUT2D eigenvalue weighted by Crippen LogP contribution is -2.17. The van der Waals surface area contributed by atoms with E-state index >= 15 is 0 Å². The van der Waals surface area contributed by atoms with Crippen LogP contribution in [-0.2, 0) is 6.54 Å². The Balaban J connectivity index is 2.20. The van der Waals surface area contributed by atoms with E-state index in [0.717, 1.165) is 23.2 Å². The maximum Gasteiger partial charge on any atom is 0.286 e. The SMILES string of the molecule is CCCn1c(=NC(=O)c2ccccc2[N+](=O)[O-])sc2cc(C)c(C)cc21. The van der Waals surface area contributed by atoms with Gasteiger partial charge in [-0.1, -0.05) is 30.4 Å². The second-order valence-electron chi connectivity index (χ2n) is 6.13. The van der Waals surface area contributed by atoms with Crippen LogP contribution in [0.25, 0.3) is 10.2 Å². The van der Waals surface area contributed by atoms with Gasteiger partial charge in [-0.05, 0) is 49.6 Å². The number of amides is 1. The molecule has 1 heterocycles. The summed E-state index contributed by atoms with van der Waals surface area (Å²) in [5.74, 6) is -0.595. The van der Waals surface area contributed by atoms with E-state index in [1.807, 2.05) is 11.5 Å². The summed E-state index contributed by atoms with van der Waals surface area (Å²) in [6.07, 6.45) is 0.894. The number of carbonyl (C=O) groups is 1. The highest BCUT2D eigenvalue weighted by Gasteiger charge is 2.19. The molecule has 0 unspecified atom stereocenters. The van der Waals surface area contributed by atoms with Crippen LogP contribution in [0.2, 0.25) is 0 Å². The van der Waals surface area contributed by atoms with Gasteiger partial charge in [0.1, 0.15) is 5.56 Å². The fraction of sp³-hybridized carbons (Fsp3) is 0.263. The average Bonchev–Trinajstić information content (AvgIpc) is 2.92. The molecule has 6 nitrogen and oxygen atoms in total. The van der Waals surface area contributed by atoms with Crippen molar-refractivity contribution in [2.24, 2.45) is 4.99 Å². The van der Waals surface area contributed by atoms with Crippen molar-refractivity contribution in [1.82, 2.24) is 4.57 Å². The third kappa shape index (κ3) is 3.30. The zero-order chi connectivity index (χ0) is 18.8. The van der Waals surface area contributed by atoms with Gasteiger partial charge in [0.15, 0.2) is 4.80 Å². The Morgan fingerprint density at radius 3 is 2.62 bits per heavy atom. The number of carbonyl (C=O) groups excluding carboxylic acids is 1. The Bertz CT molecular complexity index is 1080. The molecule has 26 heavy (non-hydrogen) atoms. The molecule has 0 bridgehead atoms. The molecule has 0 aliphatic rings. The lowest BCUT2D eigenvalue weighted by molar-refractivity contribution is -0.385. The molecule has 0 N–H and O–H groups in total. The summed E-state index contributed by atoms with van der Waals surface area (Å²) >= 11 is 1.43. The minimum atomic E-state index is -0.595. The highest BCUT2D eigenvalue weighted by Crippen LogP contribution is 2.23. The second-order valence-corrected chi connectivity index (χ2v) is 7.14. The number of rotatable bonds is 4. The van der Waals surface area contributed by atoms with Crippen LogP contribution in [0.1, 0.15) is 34.8 Å². The number of hydrogen-bond donors (Lipinski definition) is 0. The van der Waals surface area contributed by atoms with Crippen LogP contribution in [0.15, 0.2) is 41.4 Å². The minimum absolute atomic E-state index is 0.00497. The number of nitro groups is 1. The number of benzene rings is 2. The minimum Gasteiger partial charge on any atom is -0.316 e. The summed E-state index contributed by atoms with van der Waals surface area (Å²) in [6.45, 7) is 6.89. The molecule has 0 radical (unpaired) electrons. The van der Waals surface area contributed by atoms with E-state index < -0.39 is 10.8 Å². The number of nitro benzene ring substituents is 1. The number of nitrogens with zero attached hydrogens (tertiary/aromatic N) is 3. The first-order valence-corrected chi connectivity index (χ1v) is 9.17. The van der Waals surface area contributed by atoms with Gasteiger partial charge in [-0.15, -0.1) is 0 Å². The van der Waals surface area contributed by atoms with E-state index in [4.69, 9.17) is 0 Å².